The number of nitrogens with two attached hydrogens (primary N) is 3. The average Bonchev–Trinajstić information content (AvgIpc) is 3.44. The molecule has 0 saturated heterocycles. The first-order valence-electron chi connectivity index (χ1n) is 20.9. The molecule has 4 rings (SSSR count). The summed E-state index contributed by atoms with van der Waals surface area (Å²) in [5.74, 6) is 3.81. The first-order valence-corrected chi connectivity index (χ1v) is 20.9. The molecule has 11 atom stereocenters. The molecule has 7 heteroatoms. The van der Waals surface area contributed by atoms with Gasteiger partial charge in [0.1, 0.15) is 0 Å². The molecule has 0 radical (unpaired) electrons. The molecule has 0 aromatic carbocycles. The van der Waals surface area contributed by atoms with Crippen molar-refractivity contribution < 1.29 is 18.9 Å². The van der Waals surface area contributed by atoms with Gasteiger partial charge in [-0.05, 0) is 144 Å². The highest BCUT2D eigenvalue weighted by Gasteiger charge is 2.66. The van der Waals surface area contributed by atoms with Crippen molar-refractivity contribution in [2.75, 3.05) is 52.7 Å². The lowest BCUT2D eigenvalue weighted by atomic mass is 9.43. The first-order chi connectivity index (χ1) is 23.3. The molecule has 6 N–H and O–H groups in total. The molecule has 282 valence electrons. The molecule has 0 aromatic heterocycles. The van der Waals surface area contributed by atoms with E-state index in [0.29, 0.717) is 72.8 Å². The van der Waals surface area contributed by atoms with Crippen molar-refractivity contribution in [3.05, 3.63) is 0 Å². The quantitative estimate of drug-likeness (QED) is 0.0891. The summed E-state index contributed by atoms with van der Waals surface area (Å²) in [7, 11) is 0. The van der Waals surface area contributed by atoms with Gasteiger partial charge in [0.05, 0.1) is 18.3 Å². The Bertz CT molecular complexity index is 879. The van der Waals surface area contributed by atoms with Crippen molar-refractivity contribution in [1.82, 2.24) is 0 Å². The van der Waals surface area contributed by atoms with E-state index in [1.807, 2.05) is 0 Å². The highest BCUT2D eigenvalue weighted by Crippen LogP contribution is 2.69. The van der Waals surface area contributed by atoms with Crippen LogP contribution in [0.4, 0.5) is 0 Å². The van der Waals surface area contributed by atoms with Crippen molar-refractivity contribution in [2.45, 2.75) is 162 Å². The second kappa shape index (κ2) is 20.7. The Morgan fingerprint density at radius 3 is 2.06 bits per heavy atom. The Labute approximate surface area is 296 Å². The predicted octanol–water partition coefficient (Wildman–Crippen LogP) is 7.86. The van der Waals surface area contributed by atoms with Gasteiger partial charge in [-0.2, -0.15) is 0 Å². The Balaban J connectivity index is 1.46. The topological polar surface area (TPSA) is 115 Å². The fraction of sp³-hybridized carbons (Fsp3) is 1.00. The smallest absolute Gasteiger partial charge is 0.0637 e. The molecule has 7 nitrogen and oxygen atoms in total. The molecule has 0 aliphatic heterocycles. The second-order valence-electron chi connectivity index (χ2n) is 17.0. The molecular formula is C41H79N3O4. The van der Waals surface area contributed by atoms with Crippen molar-refractivity contribution >= 4 is 0 Å². The van der Waals surface area contributed by atoms with Crippen LogP contribution in [0.15, 0.2) is 0 Å². The summed E-state index contributed by atoms with van der Waals surface area (Å²) < 4.78 is 26.5. The summed E-state index contributed by atoms with van der Waals surface area (Å²) in [6.07, 6.45) is 22.6. The number of hydrogen-bond acceptors (Lipinski definition) is 7. The van der Waals surface area contributed by atoms with Crippen LogP contribution in [0.5, 0.6) is 0 Å². The summed E-state index contributed by atoms with van der Waals surface area (Å²) in [6, 6.07) is 0. The summed E-state index contributed by atoms with van der Waals surface area (Å²) in [6.45, 7) is 16.4. The van der Waals surface area contributed by atoms with E-state index in [2.05, 4.69) is 27.7 Å². The minimum Gasteiger partial charge on any atom is -0.381 e. The van der Waals surface area contributed by atoms with Gasteiger partial charge in [0, 0.05) is 38.4 Å². The van der Waals surface area contributed by atoms with E-state index in [4.69, 9.17) is 36.1 Å². The number of ether oxygens (including phenoxy) is 4. The lowest BCUT2D eigenvalue weighted by Crippen LogP contribution is -2.63. The fourth-order valence-corrected chi connectivity index (χ4v) is 11.4. The fourth-order valence-electron chi connectivity index (χ4n) is 11.4. The molecule has 0 aromatic rings. The van der Waals surface area contributed by atoms with Crippen LogP contribution in [-0.4, -0.2) is 71.0 Å². The molecular weight excluding hydrogens is 598 g/mol. The van der Waals surface area contributed by atoms with E-state index in [-0.39, 0.29) is 11.5 Å². The van der Waals surface area contributed by atoms with E-state index < -0.39 is 0 Å². The van der Waals surface area contributed by atoms with Crippen LogP contribution in [0.3, 0.4) is 0 Å². The Hall–Kier alpha value is -0.280. The van der Waals surface area contributed by atoms with Crippen molar-refractivity contribution in [3.63, 3.8) is 0 Å². The maximum absolute atomic E-state index is 7.02. The van der Waals surface area contributed by atoms with Crippen LogP contribution in [0.1, 0.15) is 143 Å². The molecule has 0 bridgehead atoms. The molecule has 0 heterocycles. The van der Waals surface area contributed by atoms with Crippen LogP contribution < -0.4 is 17.2 Å². The molecule has 0 amide bonds. The Morgan fingerprint density at radius 2 is 1.33 bits per heavy atom. The SMILES string of the molecule is CCCCCCCCOCCC[C@@H](C)[C@H]1CC[C@H]2C3[C@H](OCCCN)CC4C[C@H](OCCCN)CC[C@]4(C)[C@H]3C[C@H](OCCCN)C12C. The molecule has 3 unspecified atom stereocenters. The maximum atomic E-state index is 7.02. The first kappa shape index (κ1) is 40.5. The molecule has 4 saturated carbocycles. The third kappa shape index (κ3) is 9.98. The van der Waals surface area contributed by atoms with Gasteiger partial charge in [-0.3, -0.25) is 0 Å². The monoisotopic (exact) mass is 678 g/mol. The maximum Gasteiger partial charge on any atom is 0.0637 e. The number of fused-ring (bicyclic) bond motifs is 5. The standard InChI is InChI=1S/C41H79N3O4/c1-5-6-7-8-9-10-23-45-24-11-15-31(2)34-16-17-35-39-36(30-38(41(34,35)4)48-27-14-22-44)40(3)19-18-33(46-25-12-20-42)28-32(40)29-37(39)47-26-13-21-43/h31-39H,5-30,42-44H2,1-4H3/t31-,32?,33-,34-,35+,36+,37-,38+,39?,40+,41?/m1/s1. The van der Waals surface area contributed by atoms with Crippen LogP contribution in [-0.2, 0) is 18.9 Å². The van der Waals surface area contributed by atoms with Crippen LogP contribution >= 0.6 is 0 Å². The molecule has 48 heavy (non-hydrogen) atoms. The zero-order valence-corrected chi connectivity index (χ0v) is 31.9. The van der Waals surface area contributed by atoms with E-state index in [9.17, 15) is 0 Å². The van der Waals surface area contributed by atoms with Gasteiger partial charge in [-0.15, -0.1) is 0 Å². The van der Waals surface area contributed by atoms with Crippen molar-refractivity contribution in [1.29, 1.82) is 0 Å². The zero-order chi connectivity index (χ0) is 34.4. The third-order valence-corrected chi connectivity index (χ3v) is 14.1. The van der Waals surface area contributed by atoms with Crippen LogP contribution in [0.25, 0.3) is 0 Å². The minimum atomic E-state index is 0.162. The Morgan fingerprint density at radius 1 is 0.667 bits per heavy atom. The van der Waals surface area contributed by atoms with Gasteiger partial charge in [0.15, 0.2) is 0 Å². The van der Waals surface area contributed by atoms with Gasteiger partial charge < -0.3 is 36.1 Å². The normalized spacial score (nSPS) is 36.8. The van der Waals surface area contributed by atoms with Gasteiger partial charge in [-0.1, -0.05) is 59.8 Å². The van der Waals surface area contributed by atoms with Crippen LogP contribution in [0, 0.1) is 46.3 Å². The highest BCUT2D eigenvalue weighted by atomic mass is 16.5. The molecule has 4 aliphatic carbocycles. The largest absolute Gasteiger partial charge is 0.381 e. The van der Waals surface area contributed by atoms with Crippen molar-refractivity contribution in [3.8, 4) is 0 Å². The Kier molecular flexibility index (Phi) is 17.4. The number of hydrogen-bond donors (Lipinski definition) is 3. The lowest BCUT2D eigenvalue weighted by Gasteiger charge is -2.65. The predicted molar refractivity (Wildman–Crippen MR) is 199 cm³/mol. The molecule has 4 fully saturated rings. The van der Waals surface area contributed by atoms with E-state index in [0.717, 1.165) is 71.6 Å². The van der Waals surface area contributed by atoms with Gasteiger partial charge in [0.25, 0.3) is 0 Å². The summed E-state index contributed by atoms with van der Waals surface area (Å²) in [5, 5.41) is 0. The third-order valence-electron chi connectivity index (χ3n) is 14.1. The molecule has 0 spiro atoms. The van der Waals surface area contributed by atoms with Gasteiger partial charge in [-0.25, -0.2) is 0 Å². The van der Waals surface area contributed by atoms with E-state index in [1.165, 1.54) is 77.0 Å². The lowest BCUT2D eigenvalue weighted by molar-refractivity contribution is -0.227. The van der Waals surface area contributed by atoms with E-state index >= 15 is 0 Å². The average molecular weight is 678 g/mol. The van der Waals surface area contributed by atoms with Gasteiger partial charge in [0.2, 0.25) is 0 Å². The number of rotatable bonds is 24. The van der Waals surface area contributed by atoms with Gasteiger partial charge >= 0.3 is 0 Å². The minimum absolute atomic E-state index is 0.162. The molecule has 4 aliphatic rings. The summed E-state index contributed by atoms with van der Waals surface area (Å²) >= 11 is 0. The summed E-state index contributed by atoms with van der Waals surface area (Å²) in [4.78, 5) is 0. The zero-order valence-electron chi connectivity index (χ0n) is 31.9. The van der Waals surface area contributed by atoms with Crippen molar-refractivity contribution in [2.24, 2.45) is 63.5 Å². The van der Waals surface area contributed by atoms with E-state index in [1.54, 1.807) is 0 Å². The second-order valence-corrected chi connectivity index (χ2v) is 17.0. The summed E-state index contributed by atoms with van der Waals surface area (Å²) in [5.41, 5.74) is 18.2. The number of unbranched alkanes of at least 4 members (excludes halogenated alkanes) is 5. The highest BCUT2D eigenvalue weighted by molar-refractivity contribution is 5.15. The van der Waals surface area contributed by atoms with Crippen LogP contribution in [0.2, 0.25) is 0 Å².